The van der Waals surface area contributed by atoms with Gasteiger partial charge in [0.25, 0.3) is 0 Å². The van der Waals surface area contributed by atoms with E-state index in [9.17, 15) is 9.59 Å². The van der Waals surface area contributed by atoms with Gasteiger partial charge in [-0.05, 0) is 33.3 Å². The van der Waals surface area contributed by atoms with Crippen LogP contribution in [0.15, 0.2) is 23.0 Å². The minimum absolute atomic E-state index is 0.0257. The molecule has 6 heteroatoms. The molecule has 0 fully saturated rings. The van der Waals surface area contributed by atoms with E-state index in [2.05, 4.69) is 12.2 Å². The van der Waals surface area contributed by atoms with E-state index in [0.717, 1.165) is 24.2 Å². The van der Waals surface area contributed by atoms with Gasteiger partial charge in [-0.15, -0.1) is 11.8 Å². The Morgan fingerprint density at radius 3 is 2.70 bits per heavy atom. The molecular formula is C17H27NO4S. The SMILES string of the molecule is CCCCC(NC(=O)OC(C)(C)C)C(=O)CSCc1ccoc1. The summed E-state index contributed by atoms with van der Waals surface area (Å²) >= 11 is 1.52. The molecule has 1 aromatic rings. The van der Waals surface area contributed by atoms with Crippen LogP contribution in [0, 0.1) is 0 Å². The molecule has 0 saturated carbocycles. The van der Waals surface area contributed by atoms with Crippen molar-refractivity contribution in [2.24, 2.45) is 0 Å². The average Bonchev–Trinajstić information content (AvgIpc) is 2.94. The lowest BCUT2D eigenvalue weighted by molar-refractivity contribution is -0.118. The van der Waals surface area contributed by atoms with Crippen molar-refractivity contribution in [2.75, 3.05) is 5.75 Å². The number of amides is 1. The number of carbonyl (C=O) groups excluding carboxylic acids is 2. The molecule has 1 aromatic heterocycles. The number of rotatable bonds is 9. The van der Waals surface area contributed by atoms with Gasteiger partial charge in [-0.25, -0.2) is 4.79 Å². The number of hydrogen-bond acceptors (Lipinski definition) is 5. The third kappa shape index (κ3) is 8.69. The number of hydrogen-bond donors (Lipinski definition) is 1. The summed E-state index contributed by atoms with van der Waals surface area (Å²) in [6.07, 6.45) is 5.25. The van der Waals surface area contributed by atoms with E-state index in [4.69, 9.17) is 9.15 Å². The molecule has 1 N–H and O–H groups in total. The van der Waals surface area contributed by atoms with Gasteiger partial charge in [0.1, 0.15) is 5.60 Å². The molecule has 0 bridgehead atoms. The van der Waals surface area contributed by atoms with E-state index >= 15 is 0 Å². The van der Waals surface area contributed by atoms with Crippen molar-refractivity contribution in [1.29, 1.82) is 0 Å². The molecule has 0 aromatic carbocycles. The molecule has 1 heterocycles. The third-order valence-corrected chi connectivity index (χ3v) is 4.05. The highest BCUT2D eigenvalue weighted by atomic mass is 32.2. The van der Waals surface area contributed by atoms with Crippen LogP contribution in [0.4, 0.5) is 4.79 Å². The smallest absolute Gasteiger partial charge is 0.408 e. The van der Waals surface area contributed by atoms with E-state index in [0.29, 0.717) is 12.2 Å². The first-order chi connectivity index (χ1) is 10.8. The molecule has 1 amide bonds. The molecule has 1 atom stereocenters. The van der Waals surface area contributed by atoms with Crippen LogP contribution in [0.2, 0.25) is 0 Å². The highest BCUT2D eigenvalue weighted by molar-refractivity contribution is 7.99. The van der Waals surface area contributed by atoms with E-state index < -0.39 is 17.7 Å². The van der Waals surface area contributed by atoms with E-state index in [1.807, 2.05) is 6.07 Å². The molecule has 5 nitrogen and oxygen atoms in total. The number of thioether (sulfide) groups is 1. The van der Waals surface area contributed by atoms with Gasteiger partial charge in [0.2, 0.25) is 0 Å². The fourth-order valence-corrected chi connectivity index (χ4v) is 2.82. The molecule has 0 saturated heterocycles. The Kier molecular flexibility index (Phi) is 8.23. The molecule has 1 unspecified atom stereocenters. The first kappa shape index (κ1) is 19.6. The van der Waals surface area contributed by atoms with E-state index in [1.165, 1.54) is 11.8 Å². The van der Waals surface area contributed by atoms with Crippen molar-refractivity contribution >= 4 is 23.6 Å². The Labute approximate surface area is 142 Å². The summed E-state index contributed by atoms with van der Waals surface area (Å²) < 4.78 is 10.2. The normalized spacial score (nSPS) is 12.7. The van der Waals surface area contributed by atoms with Gasteiger partial charge >= 0.3 is 6.09 Å². The zero-order valence-corrected chi connectivity index (χ0v) is 15.2. The van der Waals surface area contributed by atoms with Gasteiger partial charge in [-0.1, -0.05) is 19.8 Å². The van der Waals surface area contributed by atoms with E-state index in [1.54, 1.807) is 33.3 Å². The number of carbonyl (C=O) groups is 2. The summed E-state index contributed by atoms with van der Waals surface area (Å²) in [6.45, 7) is 7.46. The maximum absolute atomic E-state index is 12.4. The van der Waals surface area contributed by atoms with Gasteiger partial charge in [0, 0.05) is 11.3 Å². The Balaban J connectivity index is 2.47. The summed E-state index contributed by atoms with van der Waals surface area (Å²) in [5, 5.41) is 2.71. The summed E-state index contributed by atoms with van der Waals surface area (Å²) in [6, 6.07) is 1.40. The van der Waals surface area contributed by atoms with Crippen LogP contribution in [-0.4, -0.2) is 29.3 Å². The number of ether oxygens (including phenoxy) is 1. The van der Waals surface area contributed by atoms with Gasteiger partial charge < -0.3 is 14.5 Å². The standard InChI is InChI=1S/C17H27NO4S/c1-5-6-7-14(18-16(20)22-17(2,3)4)15(19)12-23-11-13-8-9-21-10-13/h8-10,14H,5-7,11-12H2,1-4H3,(H,18,20). The monoisotopic (exact) mass is 341 g/mol. The summed E-state index contributed by atoms with van der Waals surface area (Å²) in [5.74, 6) is 1.10. The van der Waals surface area contributed by atoms with Crippen LogP contribution < -0.4 is 5.32 Å². The second-order valence-corrected chi connectivity index (χ2v) is 7.42. The number of Topliss-reactive ketones (excluding diaryl/α,β-unsaturated/α-hetero) is 1. The first-order valence-electron chi connectivity index (χ1n) is 7.93. The fourth-order valence-electron chi connectivity index (χ4n) is 1.92. The Morgan fingerprint density at radius 2 is 2.13 bits per heavy atom. The maximum atomic E-state index is 12.4. The van der Waals surface area contributed by atoms with Gasteiger partial charge in [0.05, 0.1) is 24.3 Å². The summed E-state index contributed by atoms with van der Waals surface area (Å²) in [7, 11) is 0. The van der Waals surface area contributed by atoms with Crippen LogP contribution in [-0.2, 0) is 15.3 Å². The quantitative estimate of drug-likeness (QED) is 0.730. The maximum Gasteiger partial charge on any atom is 0.408 e. The van der Waals surface area contributed by atoms with Crippen molar-refractivity contribution in [3.63, 3.8) is 0 Å². The van der Waals surface area contributed by atoms with E-state index in [-0.39, 0.29) is 5.78 Å². The Bertz CT molecular complexity index is 479. The van der Waals surface area contributed by atoms with Crippen LogP contribution in [0.1, 0.15) is 52.5 Å². The molecule has 130 valence electrons. The van der Waals surface area contributed by atoms with Crippen molar-refractivity contribution in [2.45, 2.75) is 64.4 Å². The van der Waals surface area contributed by atoms with Gasteiger partial charge in [-0.2, -0.15) is 0 Å². The van der Waals surface area contributed by atoms with Crippen molar-refractivity contribution in [1.82, 2.24) is 5.32 Å². The zero-order valence-electron chi connectivity index (χ0n) is 14.4. The van der Waals surface area contributed by atoms with Crippen LogP contribution in [0.5, 0.6) is 0 Å². The number of alkyl carbamates (subject to hydrolysis) is 1. The lowest BCUT2D eigenvalue weighted by atomic mass is 10.1. The second-order valence-electron chi connectivity index (χ2n) is 6.43. The largest absolute Gasteiger partial charge is 0.472 e. The number of ketones is 1. The molecular weight excluding hydrogens is 314 g/mol. The highest BCUT2D eigenvalue weighted by Crippen LogP contribution is 2.15. The average molecular weight is 341 g/mol. The number of unbranched alkanes of at least 4 members (excludes halogenated alkanes) is 1. The predicted octanol–water partition coefficient (Wildman–Crippen LogP) is 4.17. The van der Waals surface area contributed by atoms with Gasteiger partial charge in [-0.3, -0.25) is 4.79 Å². The summed E-state index contributed by atoms with van der Waals surface area (Å²) in [5.41, 5.74) is 0.478. The van der Waals surface area contributed by atoms with Crippen molar-refractivity contribution in [3.05, 3.63) is 24.2 Å². The Morgan fingerprint density at radius 1 is 1.39 bits per heavy atom. The molecule has 0 spiro atoms. The molecule has 0 radical (unpaired) electrons. The lowest BCUT2D eigenvalue weighted by Crippen LogP contribution is -2.44. The fraction of sp³-hybridized carbons (Fsp3) is 0.647. The molecule has 1 rings (SSSR count). The van der Waals surface area contributed by atoms with Crippen molar-refractivity contribution in [3.8, 4) is 0 Å². The summed E-state index contributed by atoms with van der Waals surface area (Å²) in [4.78, 5) is 24.3. The molecule has 0 aliphatic heterocycles. The zero-order chi connectivity index (χ0) is 17.3. The predicted molar refractivity (Wildman–Crippen MR) is 92.6 cm³/mol. The molecule has 0 aliphatic rings. The molecule has 0 aliphatic carbocycles. The lowest BCUT2D eigenvalue weighted by Gasteiger charge is -2.23. The number of furan rings is 1. The Hall–Kier alpha value is -1.43. The van der Waals surface area contributed by atoms with Crippen molar-refractivity contribution < 1.29 is 18.7 Å². The highest BCUT2D eigenvalue weighted by Gasteiger charge is 2.23. The van der Waals surface area contributed by atoms with Crippen LogP contribution in [0.25, 0.3) is 0 Å². The third-order valence-electron chi connectivity index (χ3n) is 3.02. The van der Waals surface area contributed by atoms with Gasteiger partial charge in [0.15, 0.2) is 5.78 Å². The molecule has 23 heavy (non-hydrogen) atoms. The van der Waals surface area contributed by atoms with Crippen LogP contribution in [0.3, 0.4) is 0 Å². The minimum atomic E-state index is -0.571. The topological polar surface area (TPSA) is 68.5 Å². The van der Waals surface area contributed by atoms with Crippen LogP contribution >= 0.6 is 11.8 Å². The second kappa shape index (κ2) is 9.65. The first-order valence-corrected chi connectivity index (χ1v) is 9.08. The minimum Gasteiger partial charge on any atom is -0.472 e. The number of nitrogens with one attached hydrogen (secondary N) is 1.